The van der Waals surface area contributed by atoms with Gasteiger partial charge in [0.15, 0.2) is 0 Å². The Bertz CT molecular complexity index is 515. The largest absolute Gasteiger partial charge is 0.478 e. The Kier molecular flexibility index (Phi) is 3.69. The number of nitrogens with zero attached hydrogens (tertiary/aromatic N) is 2. The van der Waals surface area contributed by atoms with Gasteiger partial charge in [-0.25, -0.2) is 4.79 Å². The number of piperidine rings is 1. The molecule has 0 spiro atoms. The highest BCUT2D eigenvalue weighted by atomic mass is 16.6. The molecular formula is C13H16N2O4. The zero-order chi connectivity index (χ0) is 14.0. The van der Waals surface area contributed by atoms with Crippen molar-refractivity contribution in [2.45, 2.75) is 32.2 Å². The van der Waals surface area contributed by atoms with Crippen molar-refractivity contribution in [3.63, 3.8) is 0 Å². The zero-order valence-electron chi connectivity index (χ0n) is 10.7. The summed E-state index contributed by atoms with van der Waals surface area (Å²) in [5, 5.41) is 20.0. The Hall–Kier alpha value is -2.11. The quantitative estimate of drug-likeness (QED) is 0.670. The van der Waals surface area contributed by atoms with Crippen molar-refractivity contribution in [2.24, 2.45) is 0 Å². The van der Waals surface area contributed by atoms with Crippen LogP contribution in [0.2, 0.25) is 0 Å². The van der Waals surface area contributed by atoms with E-state index in [0.29, 0.717) is 5.69 Å². The van der Waals surface area contributed by atoms with Gasteiger partial charge in [-0.05, 0) is 38.3 Å². The van der Waals surface area contributed by atoms with Crippen molar-refractivity contribution < 1.29 is 14.8 Å². The molecule has 1 aromatic carbocycles. The van der Waals surface area contributed by atoms with Gasteiger partial charge in [-0.1, -0.05) is 0 Å². The van der Waals surface area contributed by atoms with Gasteiger partial charge in [0.05, 0.1) is 10.5 Å². The number of rotatable bonds is 3. The van der Waals surface area contributed by atoms with Crippen LogP contribution < -0.4 is 4.90 Å². The van der Waals surface area contributed by atoms with E-state index >= 15 is 0 Å². The standard InChI is InChI=1S/C13H16N2O4/c1-9-4-2-3-7-14(9)11-6-5-10(13(16)17)8-12(11)15(18)19/h5-6,8-9H,2-4,7H2,1H3,(H,16,17). The predicted octanol–water partition coefficient (Wildman–Crippen LogP) is 2.67. The van der Waals surface area contributed by atoms with Gasteiger partial charge in [0, 0.05) is 18.7 Å². The summed E-state index contributed by atoms with van der Waals surface area (Å²) in [4.78, 5) is 23.5. The second-order valence-electron chi connectivity index (χ2n) is 4.80. The lowest BCUT2D eigenvalue weighted by Gasteiger charge is -2.35. The fourth-order valence-electron chi connectivity index (χ4n) is 2.50. The van der Waals surface area contributed by atoms with Crippen LogP contribution >= 0.6 is 0 Å². The molecule has 1 fully saturated rings. The minimum absolute atomic E-state index is 0.0555. The van der Waals surface area contributed by atoms with Crippen molar-refractivity contribution in [1.82, 2.24) is 0 Å². The number of hydrogen-bond acceptors (Lipinski definition) is 4. The van der Waals surface area contributed by atoms with Gasteiger partial charge in [-0.3, -0.25) is 10.1 Å². The normalized spacial score (nSPS) is 19.2. The van der Waals surface area contributed by atoms with E-state index in [2.05, 4.69) is 0 Å². The molecule has 0 aliphatic carbocycles. The molecule has 1 aliphatic rings. The van der Waals surface area contributed by atoms with E-state index in [1.54, 1.807) is 6.07 Å². The summed E-state index contributed by atoms with van der Waals surface area (Å²) >= 11 is 0. The first-order valence-corrected chi connectivity index (χ1v) is 6.29. The molecule has 0 amide bonds. The molecular weight excluding hydrogens is 248 g/mol. The summed E-state index contributed by atoms with van der Waals surface area (Å²) in [5.41, 5.74) is 0.330. The average molecular weight is 264 g/mol. The number of benzene rings is 1. The van der Waals surface area contributed by atoms with Gasteiger partial charge in [0.1, 0.15) is 5.69 Å². The molecule has 1 saturated heterocycles. The lowest BCUT2D eigenvalue weighted by molar-refractivity contribution is -0.384. The Balaban J connectivity index is 2.44. The van der Waals surface area contributed by atoms with Gasteiger partial charge in [-0.2, -0.15) is 0 Å². The van der Waals surface area contributed by atoms with Crippen LogP contribution in [0.1, 0.15) is 36.5 Å². The molecule has 102 valence electrons. The first-order valence-electron chi connectivity index (χ1n) is 6.29. The summed E-state index contributed by atoms with van der Waals surface area (Å²) in [6, 6.07) is 4.34. The van der Waals surface area contributed by atoms with Crippen LogP contribution in [0.4, 0.5) is 11.4 Å². The monoisotopic (exact) mass is 264 g/mol. The molecule has 19 heavy (non-hydrogen) atoms. The van der Waals surface area contributed by atoms with Crippen LogP contribution in [0.5, 0.6) is 0 Å². The average Bonchev–Trinajstić information content (AvgIpc) is 2.38. The van der Waals surface area contributed by atoms with Crippen molar-refractivity contribution in [1.29, 1.82) is 0 Å². The number of aromatic carboxylic acids is 1. The molecule has 1 aliphatic heterocycles. The minimum atomic E-state index is -1.15. The Labute approximate surface area is 110 Å². The van der Waals surface area contributed by atoms with Gasteiger partial charge < -0.3 is 10.0 Å². The third kappa shape index (κ3) is 2.67. The van der Waals surface area contributed by atoms with Crippen molar-refractivity contribution in [3.05, 3.63) is 33.9 Å². The predicted molar refractivity (Wildman–Crippen MR) is 70.7 cm³/mol. The molecule has 1 aromatic rings. The van der Waals surface area contributed by atoms with Crippen molar-refractivity contribution >= 4 is 17.3 Å². The second-order valence-corrected chi connectivity index (χ2v) is 4.80. The maximum atomic E-state index is 11.1. The number of anilines is 1. The van der Waals surface area contributed by atoms with Crippen LogP contribution in [0.25, 0.3) is 0 Å². The van der Waals surface area contributed by atoms with E-state index < -0.39 is 10.9 Å². The summed E-state index contributed by atoms with van der Waals surface area (Å²) in [6.45, 7) is 2.81. The SMILES string of the molecule is CC1CCCCN1c1ccc(C(=O)O)cc1[N+](=O)[O-]. The summed E-state index contributed by atoms with van der Waals surface area (Å²) in [5.74, 6) is -1.15. The van der Waals surface area contributed by atoms with E-state index in [1.807, 2.05) is 11.8 Å². The molecule has 0 bridgehead atoms. The third-order valence-corrected chi connectivity index (χ3v) is 3.53. The molecule has 0 aromatic heterocycles. The number of carbonyl (C=O) groups is 1. The van der Waals surface area contributed by atoms with Crippen molar-refractivity contribution in [3.8, 4) is 0 Å². The first-order chi connectivity index (χ1) is 9.00. The summed E-state index contributed by atoms with van der Waals surface area (Å²) in [7, 11) is 0. The van der Waals surface area contributed by atoms with E-state index in [4.69, 9.17) is 5.11 Å². The van der Waals surface area contributed by atoms with Crippen molar-refractivity contribution in [2.75, 3.05) is 11.4 Å². The Morgan fingerprint density at radius 2 is 2.21 bits per heavy atom. The molecule has 1 N–H and O–H groups in total. The van der Waals surface area contributed by atoms with Crippen LogP contribution in [0.3, 0.4) is 0 Å². The number of nitro groups is 1. The molecule has 1 atom stereocenters. The molecule has 2 rings (SSSR count). The lowest BCUT2D eigenvalue weighted by atomic mass is 10.0. The van der Waals surface area contributed by atoms with Crippen LogP contribution in [-0.4, -0.2) is 28.6 Å². The van der Waals surface area contributed by atoms with E-state index in [9.17, 15) is 14.9 Å². The number of carboxylic acids is 1. The smallest absolute Gasteiger partial charge is 0.335 e. The van der Waals surface area contributed by atoms with E-state index in [0.717, 1.165) is 31.9 Å². The Morgan fingerprint density at radius 3 is 2.79 bits per heavy atom. The van der Waals surface area contributed by atoms with Gasteiger partial charge >= 0.3 is 5.97 Å². The summed E-state index contributed by atoms with van der Waals surface area (Å²) in [6.07, 6.45) is 3.12. The minimum Gasteiger partial charge on any atom is -0.478 e. The highest BCUT2D eigenvalue weighted by molar-refractivity contribution is 5.89. The molecule has 6 nitrogen and oxygen atoms in total. The second kappa shape index (κ2) is 5.26. The first kappa shape index (κ1) is 13.3. The summed E-state index contributed by atoms with van der Waals surface area (Å²) < 4.78 is 0. The Morgan fingerprint density at radius 1 is 1.47 bits per heavy atom. The van der Waals surface area contributed by atoms with Gasteiger partial charge in [0.25, 0.3) is 5.69 Å². The highest BCUT2D eigenvalue weighted by Gasteiger charge is 2.26. The molecule has 0 saturated carbocycles. The van der Waals surface area contributed by atoms with Crippen LogP contribution in [0.15, 0.2) is 18.2 Å². The van der Waals surface area contributed by atoms with E-state index in [1.165, 1.54) is 6.07 Å². The zero-order valence-corrected chi connectivity index (χ0v) is 10.7. The number of nitro benzene ring substituents is 1. The van der Waals surface area contributed by atoms with Crippen LogP contribution in [-0.2, 0) is 0 Å². The maximum Gasteiger partial charge on any atom is 0.335 e. The highest BCUT2D eigenvalue weighted by Crippen LogP contribution is 2.33. The third-order valence-electron chi connectivity index (χ3n) is 3.53. The van der Waals surface area contributed by atoms with Gasteiger partial charge in [0.2, 0.25) is 0 Å². The van der Waals surface area contributed by atoms with Gasteiger partial charge in [-0.15, -0.1) is 0 Å². The molecule has 1 unspecified atom stereocenters. The van der Waals surface area contributed by atoms with Crippen LogP contribution in [0, 0.1) is 10.1 Å². The molecule has 0 radical (unpaired) electrons. The fourth-order valence-corrected chi connectivity index (χ4v) is 2.50. The maximum absolute atomic E-state index is 11.1. The number of carboxylic acid groups (broad SMARTS) is 1. The van der Waals surface area contributed by atoms with E-state index in [-0.39, 0.29) is 17.3 Å². The fraction of sp³-hybridized carbons (Fsp3) is 0.462. The topological polar surface area (TPSA) is 83.7 Å². The lowest BCUT2D eigenvalue weighted by Crippen LogP contribution is -2.37. The number of hydrogen-bond donors (Lipinski definition) is 1. The molecule has 1 heterocycles. The molecule has 6 heteroatoms.